The van der Waals surface area contributed by atoms with Crippen molar-refractivity contribution in [3.8, 4) is 12.3 Å². The first-order valence-electron chi connectivity index (χ1n) is 21.8. The van der Waals surface area contributed by atoms with Crippen LogP contribution >= 0.6 is 0 Å². The number of hydrogen-bond acceptors (Lipinski definition) is 10. The SMILES string of the molecule is C#CCN[C@@H]1C=C[C@]2(O[C@H]([C@@H](CC)C(=O)[C@@H](C)[C@@H](O)[C@H](C)[C@@H]3O[C@@H]([C@@H](CC)C(=O)O)CC[C@@H]3C)[C@@H](C)C[C@H]2C)O[C@@]12CC[C@@](C)([C@H]1CC[C@](O)(CC)[C@H](C)O1)O2. The number of carbonyl (C=O) groups excluding carboxylic acids is 1. The Bertz CT molecular complexity index is 1450. The first kappa shape index (κ1) is 45.2. The molecular weight excluding hydrogens is 714 g/mol. The van der Waals surface area contributed by atoms with Gasteiger partial charge >= 0.3 is 5.97 Å². The Morgan fingerprint density at radius 3 is 2.25 bits per heavy atom. The summed E-state index contributed by atoms with van der Waals surface area (Å²) in [7, 11) is 0. The molecule has 0 unspecified atom stereocenters. The van der Waals surface area contributed by atoms with E-state index in [2.05, 4.69) is 45.0 Å². The Morgan fingerprint density at radius 2 is 1.64 bits per heavy atom. The van der Waals surface area contributed by atoms with Gasteiger partial charge in [-0.25, -0.2) is 0 Å². The average molecular weight is 788 g/mol. The van der Waals surface area contributed by atoms with Gasteiger partial charge in [0.1, 0.15) is 5.78 Å². The summed E-state index contributed by atoms with van der Waals surface area (Å²) in [6.45, 7) is 20.2. The van der Waals surface area contributed by atoms with Crippen LogP contribution in [0.25, 0.3) is 0 Å². The zero-order valence-electron chi connectivity index (χ0n) is 35.8. The van der Waals surface area contributed by atoms with E-state index >= 15 is 0 Å². The summed E-state index contributed by atoms with van der Waals surface area (Å²) in [5.74, 6) is -2.65. The van der Waals surface area contributed by atoms with Crippen molar-refractivity contribution in [1.82, 2.24) is 5.32 Å². The van der Waals surface area contributed by atoms with Gasteiger partial charge in [-0.3, -0.25) is 14.9 Å². The molecule has 318 valence electrons. The minimum Gasteiger partial charge on any atom is -0.481 e. The molecule has 5 rings (SSSR count). The van der Waals surface area contributed by atoms with Crippen LogP contribution in [-0.4, -0.2) is 99.1 Å². The van der Waals surface area contributed by atoms with Crippen molar-refractivity contribution in [2.45, 2.75) is 199 Å². The van der Waals surface area contributed by atoms with Crippen LogP contribution in [0.2, 0.25) is 0 Å². The van der Waals surface area contributed by atoms with Crippen LogP contribution in [-0.2, 0) is 33.3 Å². The third kappa shape index (κ3) is 8.56. The van der Waals surface area contributed by atoms with Crippen LogP contribution in [0.4, 0.5) is 0 Å². The van der Waals surface area contributed by atoms with Gasteiger partial charge in [-0.05, 0) is 89.5 Å². The molecule has 0 aromatic carbocycles. The lowest BCUT2D eigenvalue weighted by atomic mass is 9.72. The molecule has 0 saturated carbocycles. The molecule has 2 spiro atoms. The summed E-state index contributed by atoms with van der Waals surface area (Å²) < 4.78 is 34.4. The molecule has 0 aromatic rings. The summed E-state index contributed by atoms with van der Waals surface area (Å²) >= 11 is 0. The second kappa shape index (κ2) is 17.8. The van der Waals surface area contributed by atoms with Gasteiger partial charge in [-0.2, -0.15) is 0 Å². The normalized spacial score (nSPS) is 44.2. The predicted molar refractivity (Wildman–Crippen MR) is 213 cm³/mol. The monoisotopic (exact) mass is 788 g/mol. The summed E-state index contributed by atoms with van der Waals surface area (Å²) in [5, 5.41) is 36.2. The Balaban J connectivity index is 1.36. The number of terminal acetylenes is 1. The molecule has 0 aromatic heterocycles. The van der Waals surface area contributed by atoms with E-state index in [1.54, 1.807) is 6.92 Å². The van der Waals surface area contributed by atoms with Crippen LogP contribution in [0.15, 0.2) is 12.2 Å². The number of Topliss-reactive ketones (excluding diaryl/α,β-unsaturated/α-hetero) is 1. The van der Waals surface area contributed by atoms with E-state index in [9.17, 15) is 24.9 Å². The van der Waals surface area contributed by atoms with Crippen molar-refractivity contribution in [3.05, 3.63) is 12.2 Å². The molecule has 4 saturated heterocycles. The fourth-order valence-electron chi connectivity index (χ4n) is 10.9. The number of ketones is 1. The number of aliphatic hydroxyl groups excluding tert-OH is 1. The van der Waals surface area contributed by atoms with E-state index < -0.39 is 64.8 Å². The largest absolute Gasteiger partial charge is 0.481 e. The summed E-state index contributed by atoms with van der Waals surface area (Å²) in [4.78, 5) is 26.5. The second-order valence-electron chi connectivity index (χ2n) is 18.5. The first-order chi connectivity index (χ1) is 26.3. The topological polar surface area (TPSA) is 153 Å². The number of carboxylic acids is 1. The predicted octanol–water partition coefficient (Wildman–Crippen LogP) is 6.42. The molecule has 0 radical (unpaired) electrons. The molecule has 56 heavy (non-hydrogen) atoms. The van der Waals surface area contributed by atoms with Crippen molar-refractivity contribution in [1.29, 1.82) is 0 Å². The Labute approximate surface area is 336 Å². The first-order valence-corrected chi connectivity index (χ1v) is 21.8. The van der Waals surface area contributed by atoms with Crippen LogP contribution in [0.1, 0.15) is 133 Å². The Hall–Kier alpha value is -1.88. The van der Waals surface area contributed by atoms with Crippen molar-refractivity contribution >= 4 is 11.8 Å². The van der Waals surface area contributed by atoms with Crippen LogP contribution in [0, 0.1) is 53.8 Å². The Kier molecular flexibility index (Phi) is 14.3. The lowest BCUT2D eigenvalue weighted by Gasteiger charge is -2.55. The maximum absolute atomic E-state index is 14.6. The molecule has 5 aliphatic heterocycles. The maximum Gasteiger partial charge on any atom is 0.309 e. The zero-order valence-corrected chi connectivity index (χ0v) is 35.8. The fourth-order valence-corrected chi connectivity index (χ4v) is 10.9. The van der Waals surface area contributed by atoms with E-state index in [1.165, 1.54) is 0 Å². The Morgan fingerprint density at radius 1 is 0.946 bits per heavy atom. The van der Waals surface area contributed by atoms with Gasteiger partial charge in [0.25, 0.3) is 0 Å². The van der Waals surface area contributed by atoms with Crippen LogP contribution < -0.4 is 5.32 Å². The highest BCUT2D eigenvalue weighted by molar-refractivity contribution is 5.84. The molecule has 5 heterocycles. The molecule has 11 heteroatoms. The van der Waals surface area contributed by atoms with E-state index in [-0.39, 0.29) is 53.8 Å². The molecule has 4 N–H and O–H groups in total. The molecule has 0 amide bonds. The summed E-state index contributed by atoms with van der Waals surface area (Å²) in [6, 6.07) is -0.361. The van der Waals surface area contributed by atoms with Crippen LogP contribution in [0.3, 0.4) is 0 Å². The van der Waals surface area contributed by atoms with Gasteiger partial charge in [0.2, 0.25) is 0 Å². The van der Waals surface area contributed by atoms with E-state index in [1.807, 2.05) is 40.7 Å². The fraction of sp³-hybridized carbons (Fsp3) is 0.867. The third-order valence-corrected chi connectivity index (χ3v) is 14.9. The van der Waals surface area contributed by atoms with E-state index in [0.29, 0.717) is 57.9 Å². The summed E-state index contributed by atoms with van der Waals surface area (Å²) in [6.07, 6.45) is 13.2. The third-order valence-electron chi connectivity index (χ3n) is 14.9. The lowest BCUT2D eigenvalue weighted by molar-refractivity contribution is -0.398. The standard InChI is InChI=1S/C45H73NO10/c1-12-24-46-35-18-21-44(56-45(35)23-22-42(11,55-45)36-19-20-43(51,15-4)31(10)52-36)28(7)25-27(6)40(54-44)33(14-3)38(48)29(8)37(47)30(9)39-26(5)16-17-34(53-39)32(13-2)41(49)50/h1,18,21,26-37,39-40,46-47,51H,13-17,19-20,22-25H2,2-11H3,(H,49,50)/t26-,27-,28+,29-,30-,31-,32+,33-,34+,35+,36+,37+,39+,40-,42-,43+,44-,45-/m0/s1. The van der Waals surface area contributed by atoms with Gasteiger partial charge < -0.3 is 39.0 Å². The van der Waals surface area contributed by atoms with Crippen molar-refractivity contribution in [2.24, 2.45) is 41.4 Å². The van der Waals surface area contributed by atoms with Gasteiger partial charge in [-0.15, -0.1) is 6.42 Å². The second-order valence-corrected chi connectivity index (χ2v) is 18.5. The van der Waals surface area contributed by atoms with Gasteiger partial charge in [0.15, 0.2) is 11.6 Å². The number of carbonyl (C=O) groups is 2. The smallest absolute Gasteiger partial charge is 0.309 e. The summed E-state index contributed by atoms with van der Waals surface area (Å²) in [5.41, 5.74) is -1.55. The highest BCUT2D eigenvalue weighted by Gasteiger charge is 2.63. The number of hydrogen-bond donors (Lipinski definition) is 4. The number of nitrogens with one attached hydrogen (secondary N) is 1. The molecule has 0 bridgehead atoms. The molecule has 11 nitrogen and oxygen atoms in total. The minimum atomic E-state index is -1.18. The number of carboxylic acid groups (broad SMARTS) is 1. The van der Waals surface area contributed by atoms with Crippen molar-refractivity contribution in [2.75, 3.05) is 6.54 Å². The lowest BCUT2D eigenvalue weighted by Crippen LogP contribution is -2.65. The quantitative estimate of drug-likeness (QED) is 0.114. The van der Waals surface area contributed by atoms with Gasteiger partial charge in [0.05, 0.1) is 66.3 Å². The van der Waals surface area contributed by atoms with Crippen molar-refractivity contribution in [3.63, 3.8) is 0 Å². The maximum atomic E-state index is 14.6. The minimum absolute atomic E-state index is 0.0326. The van der Waals surface area contributed by atoms with E-state index in [0.717, 1.165) is 12.8 Å². The molecule has 4 fully saturated rings. The number of aliphatic hydroxyl groups is 2. The number of rotatable bonds is 14. The van der Waals surface area contributed by atoms with Crippen LogP contribution in [0.5, 0.6) is 0 Å². The highest BCUT2D eigenvalue weighted by Crippen LogP contribution is 2.54. The van der Waals surface area contributed by atoms with E-state index in [4.69, 9.17) is 30.1 Å². The van der Waals surface area contributed by atoms with Gasteiger partial charge in [-0.1, -0.05) is 67.4 Å². The molecule has 18 atom stereocenters. The molecular formula is C45H73NO10. The molecule has 5 aliphatic rings. The zero-order chi connectivity index (χ0) is 41.4. The highest BCUT2D eigenvalue weighted by atomic mass is 16.8. The number of aliphatic carboxylic acids is 1. The van der Waals surface area contributed by atoms with Crippen molar-refractivity contribution < 1.29 is 48.6 Å². The van der Waals surface area contributed by atoms with Gasteiger partial charge in [0, 0.05) is 30.1 Å². The number of ether oxygens (including phenoxy) is 5. The average Bonchev–Trinajstić information content (AvgIpc) is 3.51. The molecule has 0 aliphatic carbocycles.